The Bertz CT molecular complexity index is 1150. The van der Waals surface area contributed by atoms with Crippen LogP contribution in [0.2, 0.25) is 5.02 Å². The van der Waals surface area contributed by atoms with E-state index in [-0.39, 0.29) is 11.8 Å². The van der Waals surface area contributed by atoms with Crippen molar-refractivity contribution in [1.29, 1.82) is 0 Å². The number of carbonyl (C=O) groups excluding carboxylic acids is 2. The Kier molecular flexibility index (Phi) is 6.89. The van der Waals surface area contributed by atoms with Gasteiger partial charge in [0.2, 0.25) is 11.8 Å². The first-order valence-electron chi connectivity index (χ1n) is 10.8. The molecule has 0 radical (unpaired) electrons. The molecular formula is C25H25ClN4O3. The van der Waals surface area contributed by atoms with Crippen molar-refractivity contribution in [1.82, 2.24) is 15.3 Å². The van der Waals surface area contributed by atoms with E-state index >= 15 is 0 Å². The summed E-state index contributed by atoms with van der Waals surface area (Å²) >= 11 is 6.52. The second-order valence-corrected chi connectivity index (χ2v) is 8.47. The van der Waals surface area contributed by atoms with Crippen molar-refractivity contribution < 1.29 is 14.3 Å². The molecule has 2 aromatic heterocycles. The third-order valence-corrected chi connectivity index (χ3v) is 5.84. The number of methoxy groups -OCH3 is 1. The van der Waals surface area contributed by atoms with Crippen LogP contribution in [0.4, 0.5) is 5.69 Å². The van der Waals surface area contributed by atoms with Gasteiger partial charge in [0, 0.05) is 44.0 Å². The minimum atomic E-state index is -0.226. The molecule has 8 heteroatoms. The number of hydrogen-bond donors (Lipinski definition) is 1. The van der Waals surface area contributed by atoms with Crippen LogP contribution in [0.3, 0.4) is 0 Å². The predicted octanol–water partition coefficient (Wildman–Crippen LogP) is 4.50. The van der Waals surface area contributed by atoms with Gasteiger partial charge in [-0.2, -0.15) is 0 Å². The number of amides is 2. The van der Waals surface area contributed by atoms with E-state index in [9.17, 15) is 9.59 Å². The minimum absolute atomic E-state index is 0.0181. The summed E-state index contributed by atoms with van der Waals surface area (Å²) in [5.74, 6) is 0.840. The summed E-state index contributed by atoms with van der Waals surface area (Å²) in [5, 5.41) is 3.35. The van der Waals surface area contributed by atoms with Crippen molar-refractivity contribution in [2.75, 3.05) is 18.6 Å². The highest BCUT2D eigenvalue weighted by Gasteiger charge is 2.27. The molecule has 2 heterocycles. The second-order valence-electron chi connectivity index (χ2n) is 8.06. The summed E-state index contributed by atoms with van der Waals surface area (Å²) in [7, 11) is 1.55. The first-order chi connectivity index (χ1) is 15.9. The van der Waals surface area contributed by atoms with Crippen molar-refractivity contribution in [2.24, 2.45) is 5.92 Å². The van der Waals surface area contributed by atoms with E-state index in [0.717, 1.165) is 24.0 Å². The maximum atomic E-state index is 12.5. The van der Waals surface area contributed by atoms with Gasteiger partial charge >= 0.3 is 0 Å². The van der Waals surface area contributed by atoms with Gasteiger partial charge in [-0.25, -0.2) is 4.98 Å². The molecule has 0 bridgehead atoms. The lowest BCUT2D eigenvalue weighted by atomic mass is 10.1. The van der Waals surface area contributed by atoms with Crippen LogP contribution in [-0.4, -0.2) is 35.4 Å². The fourth-order valence-electron chi connectivity index (χ4n) is 3.46. The molecule has 3 aromatic rings. The molecule has 0 unspecified atom stereocenters. The number of hydrogen-bond acceptors (Lipinski definition) is 5. The summed E-state index contributed by atoms with van der Waals surface area (Å²) < 4.78 is 5.03. The van der Waals surface area contributed by atoms with Crippen LogP contribution in [0, 0.1) is 5.92 Å². The summed E-state index contributed by atoms with van der Waals surface area (Å²) in [6.45, 7) is 2.61. The van der Waals surface area contributed by atoms with Crippen LogP contribution in [0.15, 0.2) is 54.9 Å². The van der Waals surface area contributed by atoms with Gasteiger partial charge in [-0.1, -0.05) is 23.7 Å². The molecule has 1 aliphatic rings. The summed E-state index contributed by atoms with van der Waals surface area (Å²) in [5.41, 5.74) is 3.54. The Morgan fingerprint density at radius 2 is 1.94 bits per heavy atom. The highest BCUT2D eigenvalue weighted by Crippen LogP contribution is 2.35. The molecule has 0 spiro atoms. The van der Waals surface area contributed by atoms with Gasteiger partial charge < -0.3 is 15.0 Å². The number of pyridine rings is 2. The molecule has 2 amide bonds. The molecule has 1 N–H and O–H groups in total. The number of halogens is 1. The molecule has 0 atom stereocenters. The number of ether oxygens (including phenoxy) is 1. The standard InChI is InChI=1S/C25H25ClN4O3/c1-16(31)30(15-17-3-4-17)23-9-7-19(11-21(23)26)22-8-6-20(14-27-22)25(32)29-13-18-5-10-24(33-2)28-12-18/h5-12,14,17H,3-4,13,15H2,1-2H3,(H,29,32). The lowest BCUT2D eigenvalue weighted by molar-refractivity contribution is -0.116. The van der Waals surface area contributed by atoms with Gasteiger partial charge in [-0.05, 0) is 48.6 Å². The molecule has 7 nitrogen and oxygen atoms in total. The van der Waals surface area contributed by atoms with Crippen molar-refractivity contribution in [3.8, 4) is 17.1 Å². The molecule has 33 heavy (non-hydrogen) atoms. The lowest BCUT2D eigenvalue weighted by Crippen LogP contribution is -2.30. The van der Waals surface area contributed by atoms with Crippen molar-refractivity contribution >= 4 is 29.1 Å². The van der Waals surface area contributed by atoms with Crippen LogP contribution in [0.25, 0.3) is 11.3 Å². The average molecular weight is 465 g/mol. The van der Waals surface area contributed by atoms with Gasteiger partial charge in [-0.3, -0.25) is 14.6 Å². The Morgan fingerprint density at radius 1 is 1.12 bits per heavy atom. The largest absolute Gasteiger partial charge is 0.481 e. The zero-order valence-corrected chi connectivity index (χ0v) is 19.3. The summed E-state index contributed by atoms with van der Waals surface area (Å²) in [6.07, 6.45) is 5.50. The highest BCUT2D eigenvalue weighted by atomic mass is 35.5. The predicted molar refractivity (Wildman–Crippen MR) is 127 cm³/mol. The zero-order chi connectivity index (χ0) is 23.4. The molecule has 170 valence electrons. The van der Waals surface area contributed by atoms with Crippen molar-refractivity contribution in [3.05, 3.63) is 71.0 Å². The lowest BCUT2D eigenvalue weighted by Gasteiger charge is -2.22. The summed E-state index contributed by atoms with van der Waals surface area (Å²) in [4.78, 5) is 34.9. The number of rotatable bonds is 8. The smallest absolute Gasteiger partial charge is 0.253 e. The number of anilines is 1. The molecule has 0 aliphatic heterocycles. The van der Waals surface area contributed by atoms with E-state index in [0.29, 0.717) is 46.9 Å². The zero-order valence-electron chi connectivity index (χ0n) is 18.5. The molecule has 4 rings (SSSR count). The second kappa shape index (κ2) is 10.0. The van der Waals surface area contributed by atoms with Crippen LogP contribution in [-0.2, 0) is 11.3 Å². The van der Waals surface area contributed by atoms with Gasteiger partial charge in [0.1, 0.15) is 0 Å². The fourth-order valence-corrected chi connectivity index (χ4v) is 3.74. The van der Waals surface area contributed by atoms with Crippen molar-refractivity contribution in [2.45, 2.75) is 26.3 Å². The molecule has 1 aromatic carbocycles. The van der Waals surface area contributed by atoms with Crippen molar-refractivity contribution in [3.63, 3.8) is 0 Å². The first-order valence-corrected chi connectivity index (χ1v) is 11.1. The topological polar surface area (TPSA) is 84.4 Å². The number of nitrogens with zero attached hydrogens (tertiary/aromatic N) is 3. The van der Waals surface area contributed by atoms with Crippen LogP contribution in [0.1, 0.15) is 35.7 Å². The van der Waals surface area contributed by atoms with Gasteiger partial charge in [0.15, 0.2) is 0 Å². The Balaban J connectivity index is 1.42. The first kappa shape index (κ1) is 22.7. The van der Waals surface area contributed by atoms with E-state index < -0.39 is 0 Å². The Labute approximate surface area is 197 Å². The Morgan fingerprint density at radius 3 is 2.52 bits per heavy atom. The normalized spacial score (nSPS) is 12.8. The summed E-state index contributed by atoms with van der Waals surface area (Å²) in [6, 6.07) is 12.6. The van der Waals surface area contributed by atoms with Crippen LogP contribution >= 0.6 is 11.6 Å². The number of aromatic nitrogens is 2. The van der Waals surface area contributed by atoms with Gasteiger partial charge in [0.25, 0.3) is 5.91 Å². The molecule has 1 fully saturated rings. The average Bonchev–Trinajstić information content (AvgIpc) is 3.66. The third-order valence-electron chi connectivity index (χ3n) is 5.54. The molecular weight excluding hydrogens is 440 g/mol. The Hall–Kier alpha value is -3.45. The van der Waals surface area contributed by atoms with E-state index in [1.165, 1.54) is 6.20 Å². The van der Waals surface area contributed by atoms with Gasteiger partial charge in [0.05, 0.1) is 29.1 Å². The van der Waals surface area contributed by atoms with E-state index in [1.807, 2.05) is 18.2 Å². The van der Waals surface area contributed by atoms with Crippen LogP contribution < -0.4 is 15.0 Å². The quantitative estimate of drug-likeness (QED) is 0.530. The van der Waals surface area contributed by atoms with E-state index in [1.54, 1.807) is 49.4 Å². The minimum Gasteiger partial charge on any atom is -0.481 e. The maximum absolute atomic E-state index is 12.5. The number of carbonyl (C=O) groups is 2. The third kappa shape index (κ3) is 5.68. The maximum Gasteiger partial charge on any atom is 0.253 e. The molecule has 1 saturated carbocycles. The van der Waals surface area contributed by atoms with E-state index in [4.69, 9.17) is 16.3 Å². The number of nitrogens with one attached hydrogen (secondary N) is 1. The van der Waals surface area contributed by atoms with E-state index in [2.05, 4.69) is 15.3 Å². The van der Waals surface area contributed by atoms with Gasteiger partial charge in [-0.15, -0.1) is 0 Å². The van der Waals surface area contributed by atoms with Crippen LogP contribution in [0.5, 0.6) is 5.88 Å². The highest BCUT2D eigenvalue weighted by molar-refractivity contribution is 6.34. The molecule has 1 aliphatic carbocycles. The monoisotopic (exact) mass is 464 g/mol. The SMILES string of the molecule is COc1ccc(CNC(=O)c2ccc(-c3ccc(N(CC4CC4)C(C)=O)c(Cl)c3)nc2)cn1. The fraction of sp³-hybridized carbons (Fsp3) is 0.280. The number of benzene rings is 1. The molecule has 0 saturated heterocycles.